The van der Waals surface area contributed by atoms with Crippen LogP contribution in [0.15, 0.2) is 18.2 Å². The molecule has 0 N–H and O–H groups in total. The van der Waals surface area contributed by atoms with E-state index in [2.05, 4.69) is 0 Å². The molecule has 0 radical (unpaired) electrons. The highest BCUT2D eigenvalue weighted by Gasteiger charge is 2.17. The molecule has 4 heteroatoms. The first-order valence-electron chi connectivity index (χ1n) is 7.60. The molecule has 1 aromatic carbocycles. The zero-order chi connectivity index (χ0) is 15.2. The number of carbonyl (C=O) groups is 2. The second-order valence-electron chi connectivity index (χ2n) is 5.64. The van der Waals surface area contributed by atoms with Gasteiger partial charge in [-0.05, 0) is 38.8 Å². The van der Waals surface area contributed by atoms with Crippen molar-refractivity contribution in [3.8, 4) is 5.75 Å². The van der Waals surface area contributed by atoms with Gasteiger partial charge in [-0.3, -0.25) is 9.59 Å². The summed E-state index contributed by atoms with van der Waals surface area (Å²) < 4.78 is 5.60. The average Bonchev–Trinajstić information content (AvgIpc) is 2.74. The van der Waals surface area contributed by atoms with Gasteiger partial charge >= 0.3 is 0 Å². The zero-order valence-electron chi connectivity index (χ0n) is 12.9. The summed E-state index contributed by atoms with van der Waals surface area (Å²) in [6, 6.07) is 5.45. The molecule has 0 atom stereocenters. The van der Waals surface area contributed by atoms with Gasteiger partial charge in [-0.1, -0.05) is 24.5 Å². The maximum Gasteiger partial charge on any atom is 0.260 e. The lowest BCUT2D eigenvalue weighted by atomic mass is 10.1. The van der Waals surface area contributed by atoms with Gasteiger partial charge in [0, 0.05) is 13.1 Å². The zero-order valence-corrected chi connectivity index (χ0v) is 12.9. The molecule has 1 aromatic rings. The monoisotopic (exact) mass is 289 g/mol. The summed E-state index contributed by atoms with van der Waals surface area (Å²) in [5, 5.41) is 0. The van der Waals surface area contributed by atoms with Crippen LogP contribution in [0.4, 0.5) is 0 Å². The number of aryl methyl sites for hydroxylation is 1. The molecule has 1 aliphatic heterocycles. The Bertz CT molecular complexity index is 517. The molecule has 1 aliphatic rings. The van der Waals surface area contributed by atoms with Gasteiger partial charge in [0.1, 0.15) is 5.75 Å². The van der Waals surface area contributed by atoms with Gasteiger partial charge < -0.3 is 9.64 Å². The first-order chi connectivity index (χ1) is 10.1. The van der Waals surface area contributed by atoms with E-state index >= 15 is 0 Å². The fourth-order valence-corrected chi connectivity index (χ4v) is 2.60. The third-order valence-corrected chi connectivity index (χ3v) is 3.82. The number of rotatable bonds is 4. The van der Waals surface area contributed by atoms with Crippen molar-refractivity contribution in [2.75, 3.05) is 19.7 Å². The predicted octanol–water partition coefficient (Wildman–Crippen LogP) is 2.98. The van der Waals surface area contributed by atoms with Gasteiger partial charge in [0.2, 0.25) is 0 Å². The van der Waals surface area contributed by atoms with Gasteiger partial charge in [0.25, 0.3) is 5.91 Å². The van der Waals surface area contributed by atoms with E-state index in [0.29, 0.717) is 11.3 Å². The van der Waals surface area contributed by atoms with E-state index < -0.39 is 0 Å². The molecular formula is C17H23NO3. The second kappa shape index (κ2) is 7.25. The molecule has 0 aromatic heterocycles. The fourth-order valence-electron chi connectivity index (χ4n) is 2.60. The minimum Gasteiger partial charge on any atom is -0.483 e. The maximum atomic E-state index is 12.2. The Hall–Kier alpha value is -1.84. The molecule has 1 fully saturated rings. The van der Waals surface area contributed by atoms with Crippen molar-refractivity contribution >= 4 is 11.7 Å². The summed E-state index contributed by atoms with van der Waals surface area (Å²) in [5.41, 5.74) is 1.55. The second-order valence-corrected chi connectivity index (χ2v) is 5.64. The third-order valence-electron chi connectivity index (χ3n) is 3.82. The Balaban J connectivity index is 1.99. The highest BCUT2D eigenvalue weighted by Crippen LogP contribution is 2.21. The largest absolute Gasteiger partial charge is 0.483 e. The van der Waals surface area contributed by atoms with Gasteiger partial charge in [0.15, 0.2) is 12.4 Å². The number of carbonyl (C=O) groups excluding carboxylic acids is 2. The molecular weight excluding hydrogens is 266 g/mol. The van der Waals surface area contributed by atoms with E-state index in [-0.39, 0.29) is 18.3 Å². The SMILES string of the molecule is CC(=O)c1cc(C)ccc1OCC(=O)N1CCCCCC1. The highest BCUT2D eigenvalue weighted by molar-refractivity contribution is 5.97. The van der Waals surface area contributed by atoms with Crippen LogP contribution in [0.2, 0.25) is 0 Å². The molecule has 1 heterocycles. The molecule has 4 nitrogen and oxygen atoms in total. The van der Waals surface area contributed by atoms with Crippen molar-refractivity contribution in [1.29, 1.82) is 0 Å². The van der Waals surface area contributed by atoms with E-state index in [1.165, 1.54) is 19.8 Å². The van der Waals surface area contributed by atoms with E-state index in [9.17, 15) is 9.59 Å². The minimum absolute atomic E-state index is 0.00331. The lowest BCUT2D eigenvalue weighted by Gasteiger charge is -2.20. The van der Waals surface area contributed by atoms with Gasteiger partial charge in [-0.25, -0.2) is 0 Å². The number of likely N-dealkylation sites (tertiary alicyclic amines) is 1. The third kappa shape index (κ3) is 4.31. The molecule has 114 valence electrons. The average molecular weight is 289 g/mol. The van der Waals surface area contributed by atoms with Crippen LogP contribution in [0.5, 0.6) is 5.75 Å². The Morgan fingerprint density at radius 2 is 1.81 bits per heavy atom. The summed E-state index contributed by atoms with van der Waals surface area (Å²) in [5.74, 6) is 0.458. The summed E-state index contributed by atoms with van der Waals surface area (Å²) in [4.78, 5) is 25.7. The van der Waals surface area contributed by atoms with Crippen molar-refractivity contribution in [2.24, 2.45) is 0 Å². The van der Waals surface area contributed by atoms with Gasteiger partial charge in [0.05, 0.1) is 5.56 Å². The van der Waals surface area contributed by atoms with Gasteiger partial charge in [-0.15, -0.1) is 0 Å². The molecule has 0 saturated carbocycles. The predicted molar refractivity (Wildman–Crippen MR) is 81.7 cm³/mol. The number of Topliss-reactive ketones (excluding diaryl/α,β-unsaturated/α-hetero) is 1. The lowest BCUT2D eigenvalue weighted by molar-refractivity contribution is -0.133. The van der Waals surface area contributed by atoms with Crippen molar-refractivity contribution in [3.63, 3.8) is 0 Å². The minimum atomic E-state index is -0.0454. The summed E-state index contributed by atoms with van der Waals surface area (Å²) in [6.45, 7) is 5.07. The number of hydrogen-bond acceptors (Lipinski definition) is 3. The topological polar surface area (TPSA) is 46.6 Å². The van der Waals surface area contributed by atoms with E-state index in [0.717, 1.165) is 31.5 Å². The molecule has 2 rings (SSSR count). The van der Waals surface area contributed by atoms with Crippen molar-refractivity contribution in [2.45, 2.75) is 39.5 Å². The Labute approximate surface area is 126 Å². The maximum absolute atomic E-state index is 12.2. The molecule has 0 spiro atoms. The number of benzene rings is 1. The van der Waals surface area contributed by atoms with Crippen LogP contribution in [-0.4, -0.2) is 36.3 Å². The Kier molecular flexibility index (Phi) is 5.37. The van der Waals surface area contributed by atoms with Crippen LogP contribution >= 0.6 is 0 Å². The first kappa shape index (κ1) is 15.5. The molecule has 0 aliphatic carbocycles. The summed E-state index contributed by atoms with van der Waals surface area (Å²) in [7, 11) is 0. The number of ketones is 1. The normalized spacial score (nSPS) is 15.4. The number of amides is 1. The van der Waals surface area contributed by atoms with E-state index in [4.69, 9.17) is 4.74 Å². The standard InChI is InChI=1S/C17H23NO3/c1-13-7-8-16(15(11-13)14(2)19)21-12-17(20)18-9-5-3-4-6-10-18/h7-8,11H,3-6,9-10,12H2,1-2H3. The number of hydrogen-bond donors (Lipinski definition) is 0. The highest BCUT2D eigenvalue weighted by atomic mass is 16.5. The van der Waals surface area contributed by atoms with Crippen LogP contribution in [0, 0.1) is 6.92 Å². The molecule has 0 bridgehead atoms. The Morgan fingerprint density at radius 1 is 1.14 bits per heavy atom. The van der Waals surface area contributed by atoms with Crippen molar-refractivity contribution in [3.05, 3.63) is 29.3 Å². The lowest BCUT2D eigenvalue weighted by Crippen LogP contribution is -2.35. The van der Waals surface area contributed by atoms with E-state index in [1.54, 1.807) is 12.1 Å². The van der Waals surface area contributed by atoms with E-state index in [1.807, 2.05) is 17.9 Å². The molecule has 21 heavy (non-hydrogen) atoms. The number of ether oxygens (including phenoxy) is 1. The van der Waals surface area contributed by atoms with Crippen LogP contribution in [-0.2, 0) is 4.79 Å². The quantitative estimate of drug-likeness (QED) is 0.801. The van der Waals surface area contributed by atoms with Crippen LogP contribution in [0.1, 0.15) is 48.5 Å². The van der Waals surface area contributed by atoms with Crippen LogP contribution in [0.3, 0.4) is 0 Å². The molecule has 1 amide bonds. The smallest absolute Gasteiger partial charge is 0.260 e. The van der Waals surface area contributed by atoms with Crippen molar-refractivity contribution < 1.29 is 14.3 Å². The summed E-state index contributed by atoms with van der Waals surface area (Å²) >= 11 is 0. The first-order valence-corrected chi connectivity index (χ1v) is 7.60. The fraction of sp³-hybridized carbons (Fsp3) is 0.529. The molecule has 1 saturated heterocycles. The summed E-state index contributed by atoms with van der Waals surface area (Å²) in [6.07, 6.45) is 4.51. The van der Waals surface area contributed by atoms with Gasteiger partial charge in [-0.2, -0.15) is 0 Å². The van der Waals surface area contributed by atoms with Crippen molar-refractivity contribution in [1.82, 2.24) is 4.90 Å². The Morgan fingerprint density at radius 3 is 2.43 bits per heavy atom. The molecule has 0 unspecified atom stereocenters. The van der Waals surface area contributed by atoms with Crippen LogP contribution in [0.25, 0.3) is 0 Å². The number of nitrogens with zero attached hydrogens (tertiary/aromatic N) is 1. The van der Waals surface area contributed by atoms with Crippen LogP contribution < -0.4 is 4.74 Å².